The highest BCUT2D eigenvalue weighted by atomic mass is 19.4. The maximum Gasteiger partial charge on any atom is 0.416 e. The van der Waals surface area contributed by atoms with E-state index in [1.165, 1.54) is 18.2 Å². The Balaban J connectivity index is 1.98. The van der Waals surface area contributed by atoms with Gasteiger partial charge in [0.25, 0.3) is 0 Å². The Morgan fingerprint density at radius 3 is 2.14 bits per heavy atom. The Labute approximate surface area is 126 Å². The third-order valence-corrected chi connectivity index (χ3v) is 2.98. The first-order valence-electron chi connectivity index (χ1n) is 6.57. The van der Waals surface area contributed by atoms with E-state index >= 15 is 0 Å². The van der Waals surface area contributed by atoms with Gasteiger partial charge in [-0.15, -0.1) is 0 Å². The van der Waals surface area contributed by atoms with Crippen LogP contribution in [0.3, 0.4) is 0 Å². The van der Waals surface area contributed by atoms with E-state index in [4.69, 9.17) is 0 Å². The molecule has 0 unspecified atom stereocenters. The second-order valence-corrected chi connectivity index (χ2v) is 4.81. The van der Waals surface area contributed by atoms with Gasteiger partial charge in [0, 0.05) is 11.8 Å². The summed E-state index contributed by atoms with van der Waals surface area (Å²) < 4.78 is 37.3. The molecule has 2 nitrogen and oxygen atoms in total. The lowest BCUT2D eigenvalue weighted by atomic mass is 10.1. The van der Waals surface area contributed by atoms with Crippen LogP contribution < -0.4 is 5.32 Å². The molecule has 0 aliphatic carbocycles. The molecule has 2 aromatic carbocycles. The van der Waals surface area contributed by atoms with Crippen molar-refractivity contribution in [2.24, 2.45) is 0 Å². The molecule has 0 saturated heterocycles. The number of hydrogen-bond acceptors (Lipinski definition) is 1. The maximum absolute atomic E-state index is 12.4. The lowest BCUT2D eigenvalue weighted by molar-refractivity contribution is -0.137. The Morgan fingerprint density at radius 1 is 1.00 bits per heavy atom. The molecule has 0 spiro atoms. The summed E-state index contributed by atoms with van der Waals surface area (Å²) in [6, 6.07) is 11.9. The first-order valence-corrected chi connectivity index (χ1v) is 6.57. The molecule has 0 bridgehead atoms. The molecule has 0 saturated carbocycles. The van der Waals surface area contributed by atoms with Gasteiger partial charge in [0.1, 0.15) is 0 Å². The summed E-state index contributed by atoms with van der Waals surface area (Å²) in [6.45, 7) is 1.96. The van der Waals surface area contributed by atoms with Crippen LogP contribution in [0.4, 0.5) is 18.9 Å². The Bertz CT molecular complexity index is 671. The minimum atomic E-state index is -4.38. The largest absolute Gasteiger partial charge is 0.416 e. The summed E-state index contributed by atoms with van der Waals surface area (Å²) >= 11 is 0. The van der Waals surface area contributed by atoms with Gasteiger partial charge in [-0.3, -0.25) is 4.79 Å². The van der Waals surface area contributed by atoms with Crippen molar-refractivity contribution in [3.8, 4) is 0 Å². The zero-order valence-corrected chi connectivity index (χ0v) is 11.8. The van der Waals surface area contributed by atoms with E-state index in [1.54, 1.807) is 6.08 Å². The van der Waals surface area contributed by atoms with Crippen molar-refractivity contribution in [2.75, 3.05) is 5.32 Å². The Morgan fingerprint density at radius 2 is 1.59 bits per heavy atom. The number of halogens is 3. The van der Waals surface area contributed by atoms with Gasteiger partial charge >= 0.3 is 6.18 Å². The molecule has 0 aromatic heterocycles. The molecule has 1 amide bonds. The van der Waals surface area contributed by atoms with Crippen LogP contribution >= 0.6 is 0 Å². The third kappa shape index (κ3) is 4.48. The Kier molecular flexibility index (Phi) is 4.65. The average molecular weight is 305 g/mol. The zero-order chi connectivity index (χ0) is 16.2. The minimum absolute atomic E-state index is 0.312. The van der Waals surface area contributed by atoms with E-state index < -0.39 is 17.6 Å². The van der Waals surface area contributed by atoms with Crippen molar-refractivity contribution < 1.29 is 18.0 Å². The number of benzene rings is 2. The predicted octanol–water partition coefficient (Wildman–Crippen LogP) is 4.67. The molecule has 0 heterocycles. The van der Waals surface area contributed by atoms with Gasteiger partial charge in [0.15, 0.2) is 0 Å². The molecule has 1 N–H and O–H groups in total. The lowest BCUT2D eigenvalue weighted by Crippen LogP contribution is -2.09. The number of hydrogen-bond donors (Lipinski definition) is 1. The fourth-order valence-corrected chi connectivity index (χ4v) is 1.78. The molecule has 0 aliphatic heterocycles. The highest BCUT2D eigenvalue weighted by Crippen LogP contribution is 2.29. The SMILES string of the molecule is Cc1ccc(/C=C/C(=O)Nc2ccc(C(F)(F)F)cc2)cc1. The molecular formula is C17H14F3NO. The van der Waals surface area contributed by atoms with E-state index in [2.05, 4.69) is 5.32 Å². The molecule has 0 atom stereocenters. The fourth-order valence-electron chi connectivity index (χ4n) is 1.78. The summed E-state index contributed by atoms with van der Waals surface area (Å²) in [7, 11) is 0. The molecule has 0 aliphatic rings. The predicted molar refractivity (Wildman–Crippen MR) is 80.3 cm³/mol. The molecule has 0 fully saturated rings. The fraction of sp³-hybridized carbons (Fsp3) is 0.118. The first-order chi connectivity index (χ1) is 10.3. The van der Waals surface area contributed by atoms with Crippen molar-refractivity contribution >= 4 is 17.7 Å². The minimum Gasteiger partial charge on any atom is -0.323 e. The van der Waals surface area contributed by atoms with Crippen LogP contribution in [-0.4, -0.2) is 5.91 Å². The maximum atomic E-state index is 12.4. The quantitative estimate of drug-likeness (QED) is 0.821. The first kappa shape index (κ1) is 15.8. The highest BCUT2D eigenvalue weighted by molar-refractivity contribution is 6.01. The molecule has 2 rings (SSSR count). The van der Waals surface area contributed by atoms with Crippen molar-refractivity contribution in [1.82, 2.24) is 0 Å². The van der Waals surface area contributed by atoms with Crippen LogP contribution in [-0.2, 0) is 11.0 Å². The van der Waals surface area contributed by atoms with Gasteiger partial charge in [-0.2, -0.15) is 13.2 Å². The van der Waals surface area contributed by atoms with Crippen molar-refractivity contribution in [2.45, 2.75) is 13.1 Å². The Hall–Kier alpha value is -2.56. The van der Waals surface area contributed by atoms with E-state index in [1.807, 2.05) is 31.2 Å². The van der Waals surface area contributed by atoms with E-state index in [-0.39, 0.29) is 0 Å². The second kappa shape index (κ2) is 6.47. The summed E-state index contributed by atoms with van der Waals surface area (Å²) in [5.41, 5.74) is 1.55. The van der Waals surface area contributed by atoms with Crippen LogP contribution in [0.15, 0.2) is 54.6 Å². The van der Waals surface area contributed by atoms with Crippen LogP contribution in [0.5, 0.6) is 0 Å². The second-order valence-electron chi connectivity index (χ2n) is 4.81. The van der Waals surface area contributed by atoms with Crippen LogP contribution in [0, 0.1) is 6.92 Å². The number of carbonyl (C=O) groups is 1. The number of carbonyl (C=O) groups excluding carboxylic acids is 1. The van der Waals surface area contributed by atoms with Gasteiger partial charge in [0.2, 0.25) is 5.91 Å². The molecule has 0 radical (unpaired) electrons. The van der Waals surface area contributed by atoms with Gasteiger partial charge in [-0.05, 0) is 42.8 Å². The van der Waals surface area contributed by atoms with Crippen LogP contribution in [0.1, 0.15) is 16.7 Å². The number of rotatable bonds is 3. The number of nitrogens with one attached hydrogen (secondary N) is 1. The number of aryl methyl sites for hydroxylation is 1. The van der Waals surface area contributed by atoms with E-state index in [9.17, 15) is 18.0 Å². The normalized spacial score (nSPS) is 11.6. The topological polar surface area (TPSA) is 29.1 Å². The van der Waals surface area contributed by atoms with Crippen molar-refractivity contribution in [3.05, 3.63) is 71.3 Å². The van der Waals surface area contributed by atoms with Crippen LogP contribution in [0.25, 0.3) is 6.08 Å². The smallest absolute Gasteiger partial charge is 0.323 e. The van der Waals surface area contributed by atoms with Gasteiger partial charge in [0.05, 0.1) is 5.56 Å². The van der Waals surface area contributed by atoms with Gasteiger partial charge in [-0.1, -0.05) is 29.8 Å². The molecular weight excluding hydrogens is 291 g/mol. The number of anilines is 1. The van der Waals surface area contributed by atoms with E-state index in [0.29, 0.717) is 5.69 Å². The third-order valence-electron chi connectivity index (χ3n) is 2.98. The summed E-state index contributed by atoms with van der Waals surface area (Å²) in [4.78, 5) is 11.7. The standard InChI is InChI=1S/C17H14F3NO/c1-12-2-4-13(5-3-12)6-11-16(22)21-15-9-7-14(8-10-15)17(18,19)20/h2-11H,1H3,(H,21,22)/b11-6+. The molecule has 22 heavy (non-hydrogen) atoms. The van der Waals surface area contributed by atoms with E-state index in [0.717, 1.165) is 23.3 Å². The van der Waals surface area contributed by atoms with Crippen molar-refractivity contribution in [3.63, 3.8) is 0 Å². The number of amides is 1. The summed E-state index contributed by atoms with van der Waals surface area (Å²) in [6.07, 6.45) is -1.41. The monoisotopic (exact) mass is 305 g/mol. The average Bonchev–Trinajstić information content (AvgIpc) is 2.46. The molecule has 114 valence electrons. The highest BCUT2D eigenvalue weighted by Gasteiger charge is 2.29. The van der Waals surface area contributed by atoms with Gasteiger partial charge in [-0.25, -0.2) is 0 Å². The number of alkyl halides is 3. The zero-order valence-electron chi connectivity index (χ0n) is 11.8. The van der Waals surface area contributed by atoms with Gasteiger partial charge < -0.3 is 5.32 Å². The molecule has 5 heteroatoms. The van der Waals surface area contributed by atoms with Crippen LogP contribution in [0.2, 0.25) is 0 Å². The van der Waals surface area contributed by atoms with Crippen molar-refractivity contribution in [1.29, 1.82) is 0 Å². The summed E-state index contributed by atoms with van der Waals surface area (Å²) in [5, 5.41) is 2.51. The lowest BCUT2D eigenvalue weighted by Gasteiger charge is -2.07. The summed E-state index contributed by atoms with van der Waals surface area (Å²) in [5.74, 6) is -0.402. The molecule has 2 aromatic rings.